The van der Waals surface area contributed by atoms with Gasteiger partial charge in [-0.1, -0.05) is 12.1 Å². The van der Waals surface area contributed by atoms with Gasteiger partial charge < -0.3 is 10.2 Å². The van der Waals surface area contributed by atoms with E-state index in [2.05, 4.69) is 40.6 Å². The molecule has 5 heteroatoms. The molecule has 0 atom stereocenters. The first-order chi connectivity index (χ1) is 12.2. The highest BCUT2D eigenvalue weighted by Crippen LogP contribution is 2.22. The summed E-state index contributed by atoms with van der Waals surface area (Å²) in [5, 5.41) is 12.5. The number of anilines is 2. The number of hydrogen-bond acceptors (Lipinski definition) is 5. The number of carbonyl (C=O) groups excluding carboxylic acids is 1. The molecule has 1 aliphatic rings. The number of ketones is 1. The molecule has 2 aromatic carbocycles. The van der Waals surface area contributed by atoms with Crippen molar-refractivity contribution in [1.82, 2.24) is 0 Å². The van der Waals surface area contributed by atoms with Crippen LogP contribution in [-0.2, 0) is 6.54 Å². The quantitative estimate of drug-likeness (QED) is 0.827. The number of hydrogen-bond donors (Lipinski definition) is 1. The second kappa shape index (κ2) is 8.09. The minimum absolute atomic E-state index is 0.00316. The third kappa shape index (κ3) is 4.34. The van der Waals surface area contributed by atoms with Gasteiger partial charge in [0.1, 0.15) is 6.07 Å². The summed E-state index contributed by atoms with van der Waals surface area (Å²) in [5.41, 5.74) is 4.27. The molecule has 1 fully saturated rings. The van der Waals surface area contributed by atoms with Crippen LogP contribution in [-0.4, -0.2) is 30.4 Å². The minimum atomic E-state index is -0.00316. The molecule has 25 heavy (non-hydrogen) atoms. The van der Waals surface area contributed by atoms with E-state index in [1.807, 2.05) is 11.8 Å². The van der Waals surface area contributed by atoms with E-state index in [9.17, 15) is 10.1 Å². The van der Waals surface area contributed by atoms with Gasteiger partial charge in [0.2, 0.25) is 0 Å². The van der Waals surface area contributed by atoms with Crippen molar-refractivity contribution < 1.29 is 4.79 Å². The molecule has 128 valence electrons. The maximum Gasteiger partial charge on any atom is 0.159 e. The van der Waals surface area contributed by atoms with Crippen LogP contribution in [0.3, 0.4) is 0 Å². The predicted molar refractivity (Wildman–Crippen MR) is 104 cm³/mol. The van der Waals surface area contributed by atoms with E-state index in [-0.39, 0.29) is 5.78 Å². The second-order valence-corrected chi connectivity index (χ2v) is 7.27. The molecule has 0 bridgehead atoms. The van der Waals surface area contributed by atoms with Crippen LogP contribution >= 0.6 is 11.8 Å². The van der Waals surface area contributed by atoms with Crippen molar-refractivity contribution in [3.8, 4) is 6.07 Å². The lowest BCUT2D eigenvalue weighted by molar-refractivity contribution is 0.101. The lowest BCUT2D eigenvalue weighted by Gasteiger charge is -2.28. The third-order valence-electron chi connectivity index (χ3n) is 4.34. The zero-order valence-electron chi connectivity index (χ0n) is 14.3. The van der Waals surface area contributed by atoms with Crippen LogP contribution in [0.5, 0.6) is 0 Å². The zero-order chi connectivity index (χ0) is 17.6. The topological polar surface area (TPSA) is 56.1 Å². The van der Waals surface area contributed by atoms with Crippen molar-refractivity contribution in [2.24, 2.45) is 0 Å². The van der Waals surface area contributed by atoms with Crippen LogP contribution in [0.2, 0.25) is 0 Å². The fourth-order valence-electron chi connectivity index (χ4n) is 2.85. The van der Waals surface area contributed by atoms with Gasteiger partial charge in [0.15, 0.2) is 5.78 Å². The average molecular weight is 351 g/mol. The number of nitrogens with zero attached hydrogens (tertiary/aromatic N) is 2. The van der Waals surface area contributed by atoms with Gasteiger partial charge in [-0.25, -0.2) is 0 Å². The molecular weight excluding hydrogens is 330 g/mol. The standard InChI is InChI=1S/C20H21N3OS/c1-15(24)17-4-5-18(13-21)20(12-17)22-14-16-2-6-19(7-3-16)23-8-10-25-11-9-23/h2-7,12,22H,8-11,14H2,1H3. The van der Waals surface area contributed by atoms with E-state index in [0.29, 0.717) is 23.4 Å². The number of benzene rings is 2. The van der Waals surface area contributed by atoms with Gasteiger partial charge >= 0.3 is 0 Å². The fraction of sp³-hybridized carbons (Fsp3) is 0.300. The molecule has 0 amide bonds. The Kier molecular flexibility index (Phi) is 5.62. The van der Waals surface area contributed by atoms with Gasteiger partial charge in [-0.2, -0.15) is 17.0 Å². The summed E-state index contributed by atoms with van der Waals surface area (Å²) in [6, 6.07) is 15.8. The Labute approximate surface area is 152 Å². The van der Waals surface area contributed by atoms with Gasteiger partial charge in [-0.3, -0.25) is 4.79 Å². The first-order valence-electron chi connectivity index (χ1n) is 8.38. The molecule has 0 unspecified atom stereocenters. The first kappa shape index (κ1) is 17.4. The van der Waals surface area contributed by atoms with Crippen LogP contribution < -0.4 is 10.2 Å². The smallest absolute Gasteiger partial charge is 0.159 e. The summed E-state index contributed by atoms with van der Waals surface area (Å²) in [7, 11) is 0. The summed E-state index contributed by atoms with van der Waals surface area (Å²) in [5.74, 6) is 2.37. The maximum atomic E-state index is 11.5. The lowest BCUT2D eigenvalue weighted by atomic mass is 10.1. The Morgan fingerprint density at radius 3 is 2.56 bits per heavy atom. The highest BCUT2D eigenvalue weighted by atomic mass is 32.2. The van der Waals surface area contributed by atoms with Crippen molar-refractivity contribution in [3.63, 3.8) is 0 Å². The molecule has 1 N–H and O–H groups in total. The van der Waals surface area contributed by atoms with E-state index in [4.69, 9.17) is 0 Å². The average Bonchev–Trinajstić information content (AvgIpc) is 2.67. The third-order valence-corrected chi connectivity index (χ3v) is 5.28. The molecule has 1 aliphatic heterocycles. The Hall–Kier alpha value is -2.45. The molecule has 1 heterocycles. The van der Waals surface area contributed by atoms with Crippen LogP contribution in [0.4, 0.5) is 11.4 Å². The highest BCUT2D eigenvalue weighted by Gasteiger charge is 2.11. The molecule has 4 nitrogen and oxygen atoms in total. The number of thioether (sulfide) groups is 1. The zero-order valence-corrected chi connectivity index (χ0v) is 15.1. The van der Waals surface area contributed by atoms with Crippen molar-refractivity contribution in [2.45, 2.75) is 13.5 Å². The van der Waals surface area contributed by atoms with Crippen molar-refractivity contribution in [3.05, 3.63) is 59.2 Å². The van der Waals surface area contributed by atoms with Gasteiger partial charge in [-0.15, -0.1) is 0 Å². The molecule has 1 saturated heterocycles. The Bertz CT molecular complexity index is 790. The van der Waals surface area contributed by atoms with E-state index in [0.717, 1.165) is 18.7 Å². The van der Waals surface area contributed by atoms with Gasteiger partial charge in [0, 0.05) is 42.4 Å². The molecule has 3 rings (SSSR count). The maximum absolute atomic E-state index is 11.5. The largest absolute Gasteiger partial charge is 0.380 e. The summed E-state index contributed by atoms with van der Waals surface area (Å²) < 4.78 is 0. The van der Waals surface area contributed by atoms with Crippen molar-refractivity contribution in [1.29, 1.82) is 5.26 Å². The SMILES string of the molecule is CC(=O)c1ccc(C#N)c(NCc2ccc(N3CCSCC3)cc2)c1. The van der Waals surface area contributed by atoms with E-state index in [1.165, 1.54) is 24.1 Å². The fourth-order valence-corrected chi connectivity index (χ4v) is 3.75. The summed E-state index contributed by atoms with van der Waals surface area (Å²) >= 11 is 2.01. The molecule has 0 aliphatic carbocycles. The number of carbonyl (C=O) groups is 1. The monoisotopic (exact) mass is 351 g/mol. The van der Waals surface area contributed by atoms with E-state index in [1.54, 1.807) is 18.2 Å². The van der Waals surface area contributed by atoms with E-state index < -0.39 is 0 Å². The number of rotatable bonds is 5. The molecule has 0 aromatic heterocycles. The van der Waals surface area contributed by atoms with Gasteiger partial charge in [0.05, 0.1) is 11.3 Å². The summed E-state index contributed by atoms with van der Waals surface area (Å²) in [4.78, 5) is 14.0. The molecule has 0 saturated carbocycles. The Morgan fingerprint density at radius 1 is 1.20 bits per heavy atom. The van der Waals surface area contributed by atoms with Crippen molar-refractivity contribution in [2.75, 3.05) is 34.8 Å². The second-order valence-electron chi connectivity index (χ2n) is 6.05. The van der Waals surface area contributed by atoms with Crippen molar-refractivity contribution >= 4 is 28.9 Å². The molecule has 2 aromatic rings. The van der Waals surface area contributed by atoms with Gasteiger partial charge in [0.25, 0.3) is 0 Å². The number of nitrogens with one attached hydrogen (secondary N) is 1. The summed E-state index contributed by atoms with van der Waals surface area (Å²) in [6.07, 6.45) is 0. The predicted octanol–water partition coefficient (Wildman–Crippen LogP) is 3.93. The summed E-state index contributed by atoms with van der Waals surface area (Å²) in [6.45, 7) is 4.35. The Morgan fingerprint density at radius 2 is 1.92 bits per heavy atom. The molecule has 0 radical (unpaired) electrons. The Balaban J connectivity index is 1.68. The van der Waals surface area contributed by atoms with Crippen LogP contribution in [0.1, 0.15) is 28.4 Å². The van der Waals surface area contributed by atoms with Gasteiger partial charge in [-0.05, 0) is 42.8 Å². The minimum Gasteiger partial charge on any atom is -0.380 e. The van der Waals surface area contributed by atoms with Crippen LogP contribution in [0.25, 0.3) is 0 Å². The van der Waals surface area contributed by atoms with E-state index >= 15 is 0 Å². The normalized spacial score (nSPS) is 14.0. The van der Waals surface area contributed by atoms with Crippen LogP contribution in [0, 0.1) is 11.3 Å². The number of nitriles is 1. The lowest BCUT2D eigenvalue weighted by Crippen LogP contribution is -2.32. The van der Waals surface area contributed by atoms with Crippen LogP contribution in [0.15, 0.2) is 42.5 Å². The molecular formula is C20H21N3OS. The highest BCUT2D eigenvalue weighted by molar-refractivity contribution is 7.99. The number of Topliss-reactive ketones (excluding diaryl/α,β-unsaturated/α-hetero) is 1. The first-order valence-corrected chi connectivity index (χ1v) is 9.53. The molecule has 0 spiro atoms.